The summed E-state index contributed by atoms with van der Waals surface area (Å²) in [6, 6.07) is 3.67. The molecule has 7 nitrogen and oxygen atoms in total. The van der Waals surface area contributed by atoms with Crippen LogP contribution in [0.5, 0.6) is 0 Å². The van der Waals surface area contributed by atoms with Gasteiger partial charge in [-0.2, -0.15) is 0 Å². The summed E-state index contributed by atoms with van der Waals surface area (Å²) in [5.74, 6) is 7.77. The Morgan fingerprint density at radius 2 is 2.17 bits per heavy atom. The van der Waals surface area contributed by atoms with Crippen molar-refractivity contribution in [2.75, 3.05) is 11.6 Å². The Labute approximate surface area is 140 Å². The Kier molecular flexibility index (Phi) is 6.09. The number of furan rings is 1. The maximum Gasteiger partial charge on any atom is 0.230 e. The largest absolute Gasteiger partial charge is 0.461 e. The van der Waals surface area contributed by atoms with Crippen molar-refractivity contribution in [3.8, 4) is 11.6 Å². The summed E-state index contributed by atoms with van der Waals surface area (Å²) in [4.78, 5) is 12.0. The fraction of sp³-hybridized carbons (Fsp3) is 0.533. The molecule has 0 radical (unpaired) electrons. The van der Waals surface area contributed by atoms with Gasteiger partial charge in [-0.15, -0.1) is 10.2 Å². The van der Waals surface area contributed by atoms with Crippen LogP contribution in [0.2, 0.25) is 0 Å². The number of carbonyl (C=O) groups is 1. The molecule has 2 aromatic rings. The van der Waals surface area contributed by atoms with Gasteiger partial charge in [0.1, 0.15) is 0 Å². The number of rotatable bonds is 8. The highest BCUT2D eigenvalue weighted by atomic mass is 32.2. The zero-order valence-electron chi connectivity index (χ0n) is 13.7. The third-order valence-electron chi connectivity index (χ3n) is 3.32. The Morgan fingerprint density at radius 3 is 2.83 bits per heavy atom. The smallest absolute Gasteiger partial charge is 0.230 e. The molecule has 0 bridgehead atoms. The Hall–Kier alpha value is -1.96. The number of hydrogen-bond donors (Lipinski definition) is 2. The molecule has 3 N–H and O–H groups in total. The molecule has 0 spiro atoms. The number of nitrogens with one attached hydrogen (secondary N) is 1. The van der Waals surface area contributed by atoms with Gasteiger partial charge >= 0.3 is 0 Å². The van der Waals surface area contributed by atoms with E-state index in [0.29, 0.717) is 22.7 Å². The molecule has 0 fully saturated rings. The highest BCUT2D eigenvalue weighted by molar-refractivity contribution is 7.99. The fourth-order valence-electron chi connectivity index (χ4n) is 2.05. The van der Waals surface area contributed by atoms with Crippen LogP contribution >= 0.6 is 11.8 Å². The number of thioether (sulfide) groups is 1. The number of nitrogen functional groups attached to an aromatic ring is 1. The normalized spacial score (nSPS) is 12.5. The van der Waals surface area contributed by atoms with E-state index in [-0.39, 0.29) is 17.7 Å². The quantitative estimate of drug-likeness (QED) is 0.566. The minimum absolute atomic E-state index is 0.0335. The van der Waals surface area contributed by atoms with Gasteiger partial charge in [0.25, 0.3) is 0 Å². The van der Waals surface area contributed by atoms with Gasteiger partial charge < -0.3 is 15.6 Å². The van der Waals surface area contributed by atoms with Crippen molar-refractivity contribution in [3.63, 3.8) is 0 Å². The maximum absolute atomic E-state index is 12.0. The molecule has 1 atom stereocenters. The first kappa shape index (κ1) is 17.4. The van der Waals surface area contributed by atoms with Crippen LogP contribution in [-0.2, 0) is 4.79 Å². The van der Waals surface area contributed by atoms with Crippen molar-refractivity contribution in [1.82, 2.24) is 20.2 Å². The van der Waals surface area contributed by atoms with Gasteiger partial charge in [-0.25, -0.2) is 4.68 Å². The Bertz CT molecular complexity index is 624. The second-order valence-corrected chi connectivity index (χ2v) is 6.82. The first-order valence-electron chi connectivity index (χ1n) is 7.64. The lowest BCUT2D eigenvalue weighted by Gasteiger charge is -2.14. The molecule has 0 aliphatic carbocycles. The van der Waals surface area contributed by atoms with E-state index in [9.17, 15) is 4.79 Å². The Balaban J connectivity index is 1.83. The lowest BCUT2D eigenvalue weighted by Crippen LogP contribution is -2.34. The van der Waals surface area contributed by atoms with E-state index in [2.05, 4.69) is 29.4 Å². The van der Waals surface area contributed by atoms with Crippen molar-refractivity contribution in [1.29, 1.82) is 0 Å². The van der Waals surface area contributed by atoms with Gasteiger partial charge in [0.05, 0.1) is 12.0 Å². The summed E-state index contributed by atoms with van der Waals surface area (Å²) >= 11 is 1.25. The number of carbonyl (C=O) groups excluding carboxylic acids is 1. The van der Waals surface area contributed by atoms with Crippen LogP contribution in [0.4, 0.5) is 0 Å². The predicted octanol–water partition coefficient (Wildman–Crippen LogP) is 2.28. The van der Waals surface area contributed by atoms with E-state index < -0.39 is 0 Å². The van der Waals surface area contributed by atoms with Crippen LogP contribution in [0.3, 0.4) is 0 Å². The summed E-state index contributed by atoms with van der Waals surface area (Å²) in [6.07, 6.45) is 3.62. The van der Waals surface area contributed by atoms with E-state index in [0.717, 1.165) is 12.8 Å². The molecule has 2 rings (SSSR count). The average molecular weight is 337 g/mol. The second-order valence-electron chi connectivity index (χ2n) is 5.88. The van der Waals surface area contributed by atoms with Crippen molar-refractivity contribution < 1.29 is 9.21 Å². The van der Waals surface area contributed by atoms with Gasteiger partial charge in [0.2, 0.25) is 16.9 Å². The lowest BCUT2D eigenvalue weighted by atomic mass is 10.0. The third-order valence-corrected chi connectivity index (χ3v) is 4.27. The van der Waals surface area contributed by atoms with E-state index in [4.69, 9.17) is 10.3 Å². The summed E-state index contributed by atoms with van der Waals surface area (Å²) in [5, 5.41) is 11.4. The van der Waals surface area contributed by atoms with Crippen LogP contribution < -0.4 is 11.2 Å². The molecule has 23 heavy (non-hydrogen) atoms. The van der Waals surface area contributed by atoms with E-state index >= 15 is 0 Å². The fourth-order valence-corrected chi connectivity index (χ4v) is 2.72. The van der Waals surface area contributed by atoms with Gasteiger partial charge in [0.15, 0.2) is 5.76 Å². The third kappa shape index (κ3) is 5.02. The van der Waals surface area contributed by atoms with E-state index in [1.54, 1.807) is 18.4 Å². The molecule has 0 aliphatic rings. The van der Waals surface area contributed by atoms with Crippen molar-refractivity contribution in [2.24, 2.45) is 5.92 Å². The van der Waals surface area contributed by atoms with E-state index in [1.165, 1.54) is 16.4 Å². The highest BCUT2D eigenvalue weighted by Gasteiger charge is 2.16. The molecule has 2 aromatic heterocycles. The minimum atomic E-state index is -0.0335. The SMILES string of the molecule is CC(C)CC[C@@H](C)NC(=O)CSc1nnc(-c2ccco2)n1N. The summed E-state index contributed by atoms with van der Waals surface area (Å²) in [5.41, 5.74) is 0. The molecule has 8 heteroatoms. The second kappa shape index (κ2) is 8.05. The number of nitrogens with zero attached hydrogens (tertiary/aromatic N) is 3. The zero-order chi connectivity index (χ0) is 16.8. The van der Waals surface area contributed by atoms with Crippen LogP contribution in [0.1, 0.15) is 33.6 Å². The van der Waals surface area contributed by atoms with Crippen molar-refractivity contribution in [2.45, 2.75) is 44.8 Å². The molecule has 0 aromatic carbocycles. The number of aromatic nitrogens is 3. The minimum Gasteiger partial charge on any atom is -0.461 e. The van der Waals surface area contributed by atoms with Crippen LogP contribution in [0, 0.1) is 5.92 Å². The molecule has 126 valence electrons. The van der Waals surface area contributed by atoms with Crippen molar-refractivity contribution >= 4 is 17.7 Å². The highest BCUT2D eigenvalue weighted by Crippen LogP contribution is 2.21. The number of hydrogen-bond acceptors (Lipinski definition) is 6. The van der Waals surface area contributed by atoms with Crippen LogP contribution in [0.15, 0.2) is 28.0 Å². The van der Waals surface area contributed by atoms with Crippen molar-refractivity contribution in [3.05, 3.63) is 18.4 Å². The Morgan fingerprint density at radius 1 is 1.39 bits per heavy atom. The van der Waals surface area contributed by atoms with Gasteiger partial charge in [-0.05, 0) is 37.8 Å². The molecule has 0 unspecified atom stereocenters. The average Bonchev–Trinajstić information content (AvgIpc) is 3.12. The molecule has 0 saturated carbocycles. The first-order valence-corrected chi connectivity index (χ1v) is 8.62. The van der Waals surface area contributed by atoms with Crippen LogP contribution in [0.25, 0.3) is 11.6 Å². The standard InChI is InChI=1S/C15H23N5O2S/c1-10(2)6-7-11(3)17-13(21)9-23-15-19-18-14(20(15)16)12-5-4-8-22-12/h4-5,8,10-11H,6-7,9,16H2,1-3H3,(H,17,21)/t11-/m1/s1. The molecule has 0 aliphatic heterocycles. The molecule has 1 amide bonds. The predicted molar refractivity (Wildman–Crippen MR) is 90.3 cm³/mol. The summed E-state index contributed by atoms with van der Waals surface area (Å²) in [7, 11) is 0. The van der Waals surface area contributed by atoms with Gasteiger partial charge in [-0.1, -0.05) is 25.6 Å². The lowest BCUT2D eigenvalue weighted by molar-refractivity contribution is -0.119. The molecular formula is C15H23N5O2S. The van der Waals surface area contributed by atoms with Gasteiger partial charge in [0, 0.05) is 6.04 Å². The number of amides is 1. The zero-order valence-corrected chi connectivity index (χ0v) is 14.5. The number of nitrogens with two attached hydrogens (primary N) is 1. The van der Waals surface area contributed by atoms with E-state index in [1.807, 2.05) is 6.92 Å². The molecule has 0 saturated heterocycles. The topological polar surface area (TPSA) is 99.0 Å². The molecular weight excluding hydrogens is 314 g/mol. The van der Waals surface area contributed by atoms with Crippen LogP contribution in [-0.4, -0.2) is 32.6 Å². The molecule has 2 heterocycles. The maximum atomic E-state index is 12.0. The summed E-state index contributed by atoms with van der Waals surface area (Å²) in [6.45, 7) is 6.37. The monoisotopic (exact) mass is 337 g/mol. The summed E-state index contributed by atoms with van der Waals surface area (Å²) < 4.78 is 6.58. The first-order chi connectivity index (χ1) is 11.0. The van der Waals surface area contributed by atoms with Gasteiger partial charge in [-0.3, -0.25) is 4.79 Å².